The number of nitrogens with one attached hydrogen (secondary N) is 1. The van der Waals surface area contributed by atoms with E-state index in [4.69, 9.17) is 4.74 Å². The molecule has 1 aromatic heterocycles. The third kappa shape index (κ3) is 5.73. The molecule has 162 valence electrons. The lowest BCUT2D eigenvalue weighted by atomic mass is 10.2. The van der Waals surface area contributed by atoms with Crippen molar-refractivity contribution in [3.05, 3.63) is 35.7 Å². The van der Waals surface area contributed by atoms with Crippen molar-refractivity contribution in [1.29, 1.82) is 0 Å². The Bertz CT molecular complexity index is 862. The molecule has 0 aliphatic carbocycles. The lowest BCUT2D eigenvalue weighted by Gasteiger charge is -2.32. The number of nitrogens with zero attached hydrogens (tertiary/aromatic N) is 5. The van der Waals surface area contributed by atoms with Crippen LogP contribution in [0.5, 0.6) is 5.75 Å². The molecule has 9 nitrogen and oxygen atoms in total. The molecule has 0 unspecified atom stereocenters. The number of amides is 2. The summed E-state index contributed by atoms with van der Waals surface area (Å²) in [7, 11) is 5.53. The van der Waals surface area contributed by atoms with Gasteiger partial charge in [-0.1, -0.05) is 11.8 Å². The summed E-state index contributed by atoms with van der Waals surface area (Å²) < 4.78 is 6.98. The number of hydrogen-bond donors (Lipinski definition) is 1. The quantitative estimate of drug-likeness (QED) is 0.613. The van der Waals surface area contributed by atoms with Gasteiger partial charge in [0.05, 0.1) is 12.9 Å². The number of benzene rings is 1. The van der Waals surface area contributed by atoms with Crippen molar-refractivity contribution in [1.82, 2.24) is 29.9 Å². The summed E-state index contributed by atoms with van der Waals surface area (Å²) in [6.07, 6.45) is 0.554. The second kappa shape index (κ2) is 10.4. The first-order chi connectivity index (χ1) is 14.5. The lowest BCUT2D eigenvalue weighted by Crippen LogP contribution is -2.47. The molecule has 3 rings (SSSR count). The van der Waals surface area contributed by atoms with Gasteiger partial charge < -0.3 is 24.4 Å². The smallest absolute Gasteiger partial charge is 0.251 e. The van der Waals surface area contributed by atoms with Crippen LogP contribution in [0.3, 0.4) is 0 Å². The maximum Gasteiger partial charge on any atom is 0.251 e. The van der Waals surface area contributed by atoms with Crippen molar-refractivity contribution in [2.24, 2.45) is 7.05 Å². The average molecular weight is 433 g/mol. The minimum atomic E-state index is -0.146. The van der Waals surface area contributed by atoms with E-state index in [1.54, 1.807) is 31.4 Å². The third-order valence-electron chi connectivity index (χ3n) is 5.09. The molecule has 1 saturated heterocycles. The van der Waals surface area contributed by atoms with Gasteiger partial charge in [0.15, 0.2) is 5.16 Å². The third-order valence-corrected chi connectivity index (χ3v) is 6.10. The zero-order valence-corrected chi connectivity index (χ0v) is 18.4. The number of methoxy groups -OCH3 is 1. The number of piperazine rings is 1. The van der Waals surface area contributed by atoms with Crippen molar-refractivity contribution >= 4 is 23.6 Å². The molecule has 0 saturated carbocycles. The zero-order chi connectivity index (χ0) is 21.5. The van der Waals surface area contributed by atoms with E-state index >= 15 is 0 Å². The first-order valence-electron chi connectivity index (χ1n) is 9.87. The van der Waals surface area contributed by atoms with Gasteiger partial charge in [0.2, 0.25) is 5.91 Å². The Morgan fingerprint density at radius 2 is 1.80 bits per heavy atom. The molecule has 2 amide bonds. The Morgan fingerprint density at radius 3 is 2.47 bits per heavy atom. The van der Waals surface area contributed by atoms with Gasteiger partial charge in [0, 0.05) is 51.8 Å². The summed E-state index contributed by atoms with van der Waals surface area (Å²) in [6, 6.07) is 6.96. The minimum Gasteiger partial charge on any atom is -0.497 e. The van der Waals surface area contributed by atoms with Crippen molar-refractivity contribution in [3.63, 3.8) is 0 Å². The van der Waals surface area contributed by atoms with Crippen molar-refractivity contribution in [3.8, 4) is 5.75 Å². The van der Waals surface area contributed by atoms with E-state index in [2.05, 4.69) is 27.5 Å². The fourth-order valence-corrected chi connectivity index (χ4v) is 3.93. The topological polar surface area (TPSA) is 92.6 Å². The van der Waals surface area contributed by atoms with Crippen LogP contribution in [0.2, 0.25) is 0 Å². The Kier molecular flexibility index (Phi) is 7.69. The van der Waals surface area contributed by atoms with Gasteiger partial charge in [-0.3, -0.25) is 9.59 Å². The summed E-state index contributed by atoms with van der Waals surface area (Å²) in [5, 5.41) is 12.0. The van der Waals surface area contributed by atoms with E-state index < -0.39 is 0 Å². The van der Waals surface area contributed by atoms with Gasteiger partial charge in [-0.25, -0.2) is 0 Å². The number of rotatable bonds is 8. The van der Waals surface area contributed by atoms with Gasteiger partial charge in [-0.15, -0.1) is 10.2 Å². The maximum atomic E-state index is 12.4. The Balaban J connectivity index is 1.44. The number of likely N-dealkylation sites (N-methyl/N-ethyl adjacent to an activating group) is 1. The van der Waals surface area contributed by atoms with Gasteiger partial charge in [0.25, 0.3) is 5.91 Å². The normalized spacial score (nSPS) is 14.6. The molecule has 0 atom stereocenters. The summed E-state index contributed by atoms with van der Waals surface area (Å²) in [6.45, 7) is 3.81. The predicted octanol–water partition coefficient (Wildman–Crippen LogP) is 0.662. The van der Waals surface area contributed by atoms with Crippen molar-refractivity contribution in [2.75, 3.05) is 52.6 Å². The van der Waals surface area contributed by atoms with Crippen LogP contribution in [0, 0.1) is 0 Å². The van der Waals surface area contributed by atoms with Crippen LogP contribution in [0.25, 0.3) is 0 Å². The molecule has 0 radical (unpaired) electrons. The van der Waals surface area contributed by atoms with Crippen molar-refractivity contribution in [2.45, 2.75) is 11.6 Å². The van der Waals surface area contributed by atoms with Gasteiger partial charge >= 0.3 is 0 Å². The molecule has 1 N–H and O–H groups in total. The molecule has 0 spiro atoms. The van der Waals surface area contributed by atoms with Gasteiger partial charge in [-0.05, 0) is 31.3 Å². The number of ether oxygens (including phenoxy) is 1. The van der Waals surface area contributed by atoms with Crippen LogP contribution in [0.15, 0.2) is 29.4 Å². The highest BCUT2D eigenvalue weighted by atomic mass is 32.2. The molecule has 2 heterocycles. The lowest BCUT2D eigenvalue weighted by molar-refractivity contribution is -0.129. The molecule has 1 aliphatic heterocycles. The number of aromatic nitrogens is 3. The monoisotopic (exact) mass is 432 g/mol. The van der Waals surface area contributed by atoms with Crippen LogP contribution in [-0.4, -0.2) is 89.0 Å². The van der Waals surface area contributed by atoms with Crippen LogP contribution in [-0.2, 0) is 18.3 Å². The molecule has 1 fully saturated rings. The van der Waals surface area contributed by atoms with E-state index in [1.807, 2.05) is 16.5 Å². The Hall–Kier alpha value is -2.59. The first-order valence-corrected chi connectivity index (χ1v) is 10.9. The molecule has 1 aromatic carbocycles. The second-order valence-corrected chi connectivity index (χ2v) is 8.11. The van der Waals surface area contributed by atoms with E-state index in [-0.39, 0.29) is 11.8 Å². The highest BCUT2D eigenvalue weighted by molar-refractivity contribution is 7.99. The summed E-state index contributed by atoms with van der Waals surface area (Å²) in [5.41, 5.74) is 0.576. The minimum absolute atomic E-state index is 0.129. The highest BCUT2D eigenvalue weighted by Gasteiger charge is 2.20. The standard InChI is InChI=1S/C20H28N6O3S/c1-24-10-12-26(13-11-24)18(27)14-30-20-23-22-17(25(20)2)8-9-21-19(28)15-4-6-16(29-3)7-5-15/h4-7H,8-14H2,1-3H3,(H,21,28). The molecule has 0 bridgehead atoms. The predicted molar refractivity (Wildman–Crippen MR) is 115 cm³/mol. The van der Waals surface area contributed by atoms with E-state index in [9.17, 15) is 9.59 Å². The summed E-state index contributed by atoms with van der Waals surface area (Å²) >= 11 is 1.40. The number of hydrogen-bond acceptors (Lipinski definition) is 7. The largest absolute Gasteiger partial charge is 0.497 e. The van der Waals surface area contributed by atoms with E-state index in [1.165, 1.54) is 11.8 Å². The first kappa shape index (κ1) is 22.1. The fraction of sp³-hybridized carbons (Fsp3) is 0.500. The second-order valence-electron chi connectivity index (χ2n) is 7.16. The summed E-state index contributed by atoms with van der Waals surface area (Å²) in [5.74, 6) is 1.81. The Morgan fingerprint density at radius 1 is 1.10 bits per heavy atom. The zero-order valence-electron chi connectivity index (χ0n) is 17.6. The number of carbonyl (C=O) groups excluding carboxylic acids is 2. The molecular formula is C20H28N6O3S. The molecule has 30 heavy (non-hydrogen) atoms. The SMILES string of the molecule is COc1ccc(C(=O)NCCc2nnc(SCC(=O)N3CCN(C)CC3)n2C)cc1. The maximum absolute atomic E-state index is 12.4. The fourth-order valence-electron chi connectivity index (χ4n) is 3.09. The molecular weight excluding hydrogens is 404 g/mol. The van der Waals surface area contributed by atoms with Crippen LogP contribution >= 0.6 is 11.8 Å². The van der Waals surface area contributed by atoms with Crippen LogP contribution in [0.1, 0.15) is 16.2 Å². The van der Waals surface area contributed by atoms with Gasteiger partial charge in [0.1, 0.15) is 11.6 Å². The average Bonchev–Trinajstić information content (AvgIpc) is 3.12. The van der Waals surface area contributed by atoms with E-state index in [0.717, 1.165) is 32.0 Å². The van der Waals surface area contributed by atoms with Crippen LogP contribution < -0.4 is 10.1 Å². The summed E-state index contributed by atoms with van der Waals surface area (Å²) in [4.78, 5) is 28.7. The number of thioether (sulfide) groups is 1. The number of carbonyl (C=O) groups is 2. The molecule has 2 aromatic rings. The van der Waals surface area contributed by atoms with Crippen molar-refractivity contribution < 1.29 is 14.3 Å². The van der Waals surface area contributed by atoms with Crippen LogP contribution in [0.4, 0.5) is 0 Å². The van der Waals surface area contributed by atoms with Gasteiger partial charge in [-0.2, -0.15) is 0 Å². The molecule has 10 heteroatoms. The molecule has 1 aliphatic rings. The highest BCUT2D eigenvalue weighted by Crippen LogP contribution is 2.17. The Labute approximate surface area is 180 Å². The van der Waals surface area contributed by atoms with E-state index in [0.29, 0.717) is 35.2 Å².